The van der Waals surface area contributed by atoms with Crippen LogP contribution in [0.25, 0.3) is 17.1 Å². The Balaban J connectivity index is 1.67. The normalized spacial score (nSPS) is 15.3. The number of amides is 1. The zero-order valence-electron chi connectivity index (χ0n) is 15.6. The van der Waals surface area contributed by atoms with Crippen LogP contribution in [0.5, 0.6) is 0 Å². The maximum absolute atomic E-state index is 13.0. The summed E-state index contributed by atoms with van der Waals surface area (Å²) in [6.07, 6.45) is 3.21. The number of benzene rings is 1. The van der Waals surface area contributed by atoms with E-state index in [1.165, 1.54) is 0 Å². The van der Waals surface area contributed by atoms with Crippen LogP contribution in [0.4, 0.5) is 0 Å². The van der Waals surface area contributed by atoms with E-state index in [1.807, 2.05) is 42.2 Å². The second-order valence-corrected chi connectivity index (χ2v) is 6.74. The number of carbonyl (C=O) groups excluding carboxylic acids is 1. The van der Waals surface area contributed by atoms with Crippen molar-refractivity contribution in [1.29, 1.82) is 0 Å². The number of hydrogen-bond donors (Lipinski definition) is 0. The van der Waals surface area contributed by atoms with Gasteiger partial charge in [-0.25, -0.2) is 9.67 Å². The molecule has 0 unspecified atom stereocenters. The second kappa shape index (κ2) is 7.36. The van der Waals surface area contributed by atoms with Crippen LogP contribution in [0, 0.1) is 6.92 Å². The molecule has 1 aliphatic rings. The van der Waals surface area contributed by atoms with Crippen LogP contribution in [0.15, 0.2) is 47.3 Å². The minimum absolute atomic E-state index is 0.124. The fourth-order valence-corrected chi connectivity index (χ4v) is 3.26. The van der Waals surface area contributed by atoms with Crippen LogP contribution < -0.4 is 0 Å². The molecule has 3 aromatic rings. The summed E-state index contributed by atoms with van der Waals surface area (Å²) in [5.41, 5.74) is 2.81. The van der Waals surface area contributed by atoms with Crippen LogP contribution in [-0.2, 0) is 0 Å². The van der Waals surface area contributed by atoms with E-state index >= 15 is 0 Å². The molecule has 2 aromatic heterocycles. The van der Waals surface area contributed by atoms with Crippen LogP contribution >= 0.6 is 0 Å². The Morgan fingerprint density at radius 1 is 1.11 bits per heavy atom. The van der Waals surface area contributed by atoms with E-state index in [4.69, 9.17) is 4.42 Å². The Hall–Kier alpha value is -2.93. The average Bonchev–Trinajstić information content (AvgIpc) is 3.38. The van der Waals surface area contributed by atoms with Gasteiger partial charge in [0.15, 0.2) is 5.82 Å². The van der Waals surface area contributed by atoms with Crippen molar-refractivity contribution in [1.82, 2.24) is 24.6 Å². The Morgan fingerprint density at radius 3 is 2.48 bits per heavy atom. The van der Waals surface area contributed by atoms with Crippen molar-refractivity contribution in [2.45, 2.75) is 13.8 Å². The van der Waals surface area contributed by atoms with E-state index in [0.29, 0.717) is 18.9 Å². The van der Waals surface area contributed by atoms with Crippen molar-refractivity contribution in [3.63, 3.8) is 0 Å². The van der Waals surface area contributed by atoms with Crippen molar-refractivity contribution >= 4 is 5.91 Å². The van der Waals surface area contributed by atoms with Gasteiger partial charge in [0, 0.05) is 26.2 Å². The smallest absolute Gasteiger partial charge is 0.293 e. The molecular weight excluding hydrogens is 342 g/mol. The van der Waals surface area contributed by atoms with Crippen molar-refractivity contribution < 1.29 is 9.21 Å². The molecule has 0 bridgehead atoms. The number of furan rings is 1. The summed E-state index contributed by atoms with van der Waals surface area (Å²) in [5.74, 6) is 0.696. The first kappa shape index (κ1) is 17.5. The van der Waals surface area contributed by atoms with Gasteiger partial charge in [-0.2, -0.15) is 0 Å². The van der Waals surface area contributed by atoms with Crippen LogP contribution in [-0.4, -0.2) is 63.2 Å². The molecule has 1 amide bonds. The molecule has 3 heterocycles. The molecule has 0 aliphatic carbocycles. The Labute approximate surface area is 158 Å². The molecule has 1 fully saturated rings. The third-order valence-electron chi connectivity index (χ3n) is 4.96. The van der Waals surface area contributed by atoms with Crippen LogP contribution in [0.3, 0.4) is 0 Å². The van der Waals surface area contributed by atoms with E-state index < -0.39 is 0 Å². The lowest BCUT2D eigenvalue weighted by molar-refractivity contribution is 0.0631. The molecule has 4 rings (SSSR count). The Kier molecular flexibility index (Phi) is 4.77. The number of aromatic nitrogens is 3. The lowest BCUT2D eigenvalue weighted by Crippen LogP contribution is -2.48. The van der Waals surface area contributed by atoms with Gasteiger partial charge in [-0.3, -0.25) is 4.79 Å². The molecule has 140 valence electrons. The molecule has 0 radical (unpaired) electrons. The van der Waals surface area contributed by atoms with E-state index in [1.54, 1.807) is 17.2 Å². The number of nitrogens with zero attached hydrogens (tertiary/aromatic N) is 5. The van der Waals surface area contributed by atoms with Crippen LogP contribution in [0.1, 0.15) is 23.1 Å². The first-order chi connectivity index (χ1) is 13.2. The monoisotopic (exact) mass is 365 g/mol. The molecule has 0 saturated carbocycles. The van der Waals surface area contributed by atoms with E-state index in [2.05, 4.69) is 21.9 Å². The summed E-state index contributed by atoms with van der Waals surface area (Å²) in [6, 6.07) is 9.80. The number of rotatable bonds is 4. The molecule has 7 nitrogen and oxygen atoms in total. The highest BCUT2D eigenvalue weighted by Crippen LogP contribution is 2.22. The lowest BCUT2D eigenvalue weighted by Gasteiger charge is -2.33. The van der Waals surface area contributed by atoms with E-state index in [0.717, 1.165) is 36.4 Å². The second-order valence-electron chi connectivity index (χ2n) is 6.74. The minimum Gasteiger partial charge on any atom is -0.472 e. The van der Waals surface area contributed by atoms with Gasteiger partial charge in [-0.05, 0) is 31.7 Å². The number of piperazine rings is 1. The number of likely N-dealkylation sites (N-methyl/N-ethyl adjacent to an activating group) is 1. The summed E-state index contributed by atoms with van der Waals surface area (Å²) in [4.78, 5) is 21.7. The fourth-order valence-electron chi connectivity index (χ4n) is 3.26. The molecule has 1 saturated heterocycles. The summed E-state index contributed by atoms with van der Waals surface area (Å²) in [5, 5.41) is 4.54. The fraction of sp³-hybridized carbons (Fsp3) is 0.350. The molecule has 0 atom stereocenters. The van der Waals surface area contributed by atoms with Gasteiger partial charge < -0.3 is 14.2 Å². The third-order valence-corrected chi connectivity index (χ3v) is 4.96. The van der Waals surface area contributed by atoms with Gasteiger partial charge >= 0.3 is 0 Å². The topological polar surface area (TPSA) is 67.4 Å². The quantitative estimate of drug-likeness (QED) is 0.711. The summed E-state index contributed by atoms with van der Waals surface area (Å²) >= 11 is 0. The maximum atomic E-state index is 13.0. The Morgan fingerprint density at radius 2 is 1.85 bits per heavy atom. The molecule has 0 spiro atoms. The van der Waals surface area contributed by atoms with Gasteiger partial charge in [0.2, 0.25) is 5.82 Å². The van der Waals surface area contributed by atoms with Gasteiger partial charge in [0.1, 0.15) is 6.26 Å². The predicted octanol–water partition coefficient (Wildman–Crippen LogP) is 2.61. The van der Waals surface area contributed by atoms with Crippen molar-refractivity contribution in [3.05, 3.63) is 54.2 Å². The number of aryl methyl sites for hydroxylation is 1. The standard InChI is InChI=1S/C20H23N5O2/c1-3-23-9-11-24(12-10-23)20(26)18-21-19(16-8-13-27-14-16)25(22-18)17-6-4-15(2)5-7-17/h4-8,13-14H,3,9-12H2,1-2H3. The lowest BCUT2D eigenvalue weighted by atomic mass is 10.2. The van der Waals surface area contributed by atoms with E-state index in [-0.39, 0.29) is 11.7 Å². The maximum Gasteiger partial charge on any atom is 0.293 e. The van der Waals surface area contributed by atoms with Crippen molar-refractivity contribution in [2.24, 2.45) is 0 Å². The zero-order valence-corrected chi connectivity index (χ0v) is 15.6. The predicted molar refractivity (Wildman–Crippen MR) is 102 cm³/mol. The SMILES string of the molecule is CCN1CCN(C(=O)c2nc(-c3ccoc3)n(-c3ccc(C)cc3)n2)CC1. The summed E-state index contributed by atoms with van der Waals surface area (Å²) in [6.45, 7) is 8.35. The van der Waals surface area contributed by atoms with Gasteiger partial charge in [-0.1, -0.05) is 24.6 Å². The zero-order chi connectivity index (χ0) is 18.8. The largest absolute Gasteiger partial charge is 0.472 e. The molecule has 1 aromatic carbocycles. The first-order valence-corrected chi connectivity index (χ1v) is 9.24. The molecular formula is C20H23N5O2. The minimum atomic E-state index is -0.124. The highest BCUT2D eigenvalue weighted by atomic mass is 16.3. The molecule has 7 heteroatoms. The van der Waals surface area contributed by atoms with Gasteiger partial charge in [-0.15, -0.1) is 5.10 Å². The highest BCUT2D eigenvalue weighted by Gasteiger charge is 2.26. The van der Waals surface area contributed by atoms with Gasteiger partial charge in [0.05, 0.1) is 17.5 Å². The molecule has 0 N–H and O–H groups in total. The molecule has 27 heavy (non-hydrogen) atoms. The van der Waals surface area contributed by atoms with Crippen molar-refractivity contribution in [3.8, 4) is 17.1 Å². The number of carbonyl (C=O) groups is 1. The van der Waals surface area contributed by atoms with Crippen molar-refractivity contribution in [2.75, 3.05) is 32.7 Å². The number of hydrogen-bond acceptors (Lipinski definition) is 5. The van der Waals surface area contributed by atoms with E-state index in [9.17, 15) is 4.79 Å². The summed E-state index contributed by atoms with van der Waals surface area (Å²) in [7, 11) is 0. The van der Waals surface area contributed by atoms with Gasteiger partial charge in [0.25, 0.3) is 5.91 Å². The highest BCUT2D eigenvalue weighted by molar-refractivity contribution is 5.91. The summed E-state index contributed by atoms with van der Waals surface area (Å²) < 4.78 is 6.92. The first-order valence-electron chi connectivity index (χ1n) is 9.24. The molecule has 1 aliphatic heterocycles. The average molecular weight is 365 g/mol. The Bertz CT molecular complexity index is 907. The third kappa shape index (κ3) is 3.50. The van der Waals surface area contributed by atoms with Crippen LogP contribution in [0.2, 0.25) is 0 Å².